The van der Waals surface area contributed by atoms with Gasteiger partial charge in [0.2, 0.25) is 0 Å². The Kier molecular flexibility index (Phi) is 7.06. The molecule has 0 fully saturated rings. The molecule has 13 rings (SSSR count). The minimum absolute atomic E-state index is 0.00865. The van der Waals surface area contributed by atoms with Gasteiger partial charge in [0, 0.05) is 38.6 Å². The van der Waals surface area contributed by atoms with E-state index in [1.54, 1.807) is 0 Å². The quantitative estimate of drug-likeness (QED) is 0.174. The molecule has 2 aliphatic rings. The summed E-state index contributed by atoms with van der Waals surface area (Å²) in [5, 5.41) is 4.64. The van der Waals surface area contributed by atoms with Crippen molar-refractivity contribution in [3.63, 3.8) is 0 Å². The molecule has 2 aliphatic carbocycles. The average molecular weight is 767 g/mol. The van der Waals surface area contributed by atoms with E-state index in [0.717, 1.165) is 57.5 Å². The number of fused-ring (bicyclic) bond motifs is 12. The molecule has 0 saturated carbocycles. The lowest BCUT2D eigenvalue weighted by molar-refractivity contribution is 0.563. The third-order valence-corrected chi connectivity index (χ3v) is 13.4. The Hall–Kier alpha value is -7.62. The number of benzene rings is 9. The van der Waals surface area contributed by atoms with Gasteiger partial charge < -0.3 is 13.9 Å². The van der Waals surface area contributed by atoms with Crippen LogP contribution in [0, 0.1) is 0 Å². The number of para-hydroxylation sites is 3. The van der Waals surface area contributed by atoms with Crippen LogP contribution in [0.2, 0.25) is 0 Å². The Morgan fingerprint density at radius 1 is 0.433 bits per heavy atom. The normalized spacial score (nSPS) is 13.7. The van der Waals surface area contributed by atoms with E-state index in [-0.39, 0.29) is 5.41 Å². The Morgan fingerprint density at radius 2 is 1.08 bits per heavy atom. The molecule has 9 aromatic carbocycles. The number of nitrogens with zero attached hydrogens (tertiary/aromatic N) is 2. The van der Waals surface area contributed by atoms with Gasteiger partial charge in [-0.05, 0) is 130 Å². The van der Waals surface area contributed by atoms with Gasteiger partial charge >= 0.3 is 0 Å². The first-order chi connectivity index (χ1) is 29.7. The number of rotatable bonds is 5. The molecule has 2 heterocycles. The summed E-state index contributed by atoms with van der Waals surface area (Å²) in [5.41, 5.74) is 19.5. The van der Waals surface area contributed by atoms with Crippen LogP contribution in [0.1, 0.15) is 22.3 Å². The van der Waals surface area contributed by atoms with E-state index in [9.17, 15) is 0 Å². The summed E-state index contributed by atoms with van der Waals surface area (Å²) in [4.78, 5) is 2.41. The summed E-state index contributed by atoms with van der Waals surface area (Å²) in [6.07, 6.45) is 2.10. The molecule has 282 valence electrons. The van der Waals surface area contributed by atoms with Crippen molar-refractivity contribution in [2.24, 2.45) is 0 Å². The Labute approximate surface area is 348 Å². The highest BCUT2D eigenvalue weighted by molar-refractivity contribution is 6.15. The SMILES string of the molecule is c1ccc(-n2c3ccccc3c3cc(N(c4ccc(-c5ccc6c(c5)-c5ccccc5C65Cc6ccccc6C5)cc4)c4cccc5oc6ccccc6c45)ccc32)cc1. The van der Waals surface area contributed by atoms with E-state index in [1.165, 1.54) is 66.3 Å². The molecule has 3 nitrogen and oxygen atoms in total. The third-order valence-electron chi connectivity index (χ3n) is 13.4. The van der Waals surface area contributed by atoms with E-state index >= 15 is 0 Å². The Balaban J connectivity index is 0.964. The van der Waals surface area contributed by atoms with E-state index in [1.807, 2.05) is 6.07 Å². The van der Waals surface area contributed by atoms with Gasteiger partial charge in [0.25, 0.3) is 0 Å². The average Bonchev–Trinajstić information content (AvgIpc) is 4.05. The Bertz CT molecular complexity index is 3470. The topological polar surface area (TPSA) is 21.3 Å². The molecule has 2 aromatic heterocycles. The predicted molar refractivity (Wildman–Crippen MR) is 248 cm³/mol. The third kappa shape index (κ3) is 4.78. The minimum atomic E-state index is -0.00865. The fourth-order valence-corrected chi connectivity index (χ4v) is 10.8. The van der Waals surface area contributed by atoms with Crippen LogP contribution in [0.15, 0.2) is 211 Å². The highest BCUT2D eigenvalue weighted by Crippen LogP contribution is 2.56. The second-order valence-electron chi connectivity index (χ2n) is 16.5. The van der Waals surface area contributed by atoms with E-state index in [2.05, 4.69) is 210 Å². The molecule has 1 spiro atoms. The lowest BCUT2D eigenvalue weighted by Crippen LogP contribution is -2.25. The maximum absolute atomic E-state index is 6.46. The van der Waals surface area contributed by atoms with Crippen molar-refractivity contribution >= 4 is 60.8 Å². The number of furan rings is 1. The van der Waals surface area contributed by atoms with Gasteiger partial charge in [-0.1, -0.05) is 133 Å². The first kappa shape index (κ1) is 33.4. The van der Waals surface area contributed by atoms with Crippen molar-refractivity contribution in [1.82, 2.24) is 4.57 Å². The summed E-state index contributed by atoms with van der Waals surface area (Å²) < 4.78 is 8.83. The van der Waals surface area contributed by atoms with Crippen molar-refractivity contribution in [3.05, 3.63) is 229 Å². The zero-order valence-electron chi connectivity index (χ0n) is 32.8. The van der Waals surface area contributed by atoms with Crippen molar-refractivity contribution in [2.45, 2.75) is 18.3 Å². The molecule has 3 heteroatoms. The van der Waals surface area contributed by atoms with Gasteiger partial charge in [-0.3, -0.25) is 0 Å². The molecule has 0 N–H and O–H groups in total. The molecule has 0 radical (unpaired) electrons. The van der Waals surface area contributed by atoms with Crippen LogP contribution in [-0.2, 0) is 18.3 Å². The summed E-state index contributed by atoms with van der Waals surface area (Å²) in [5.74, 6) is 0. The second-order valence-corrected chi connectivity index (χ2v) is 16.5. The predicted octanol–water partition coefficient (Wildman–Crippen LogP) is 14.9. The smallest absolute Gasteiger partial charge is 0.137 e. The van der Waals surface area contributed by atoms with Crippen LogP contribution >= 0.6 is 0 Å². The minimum Gasteiger partial charge on any atom is -0.456 e. The van der Waals surface area contributed by atoms with Gasteiger partial charge in [0.1, 0.15) is 11.2 Å². The van der Waals surface area contributed by atoms with Crippen LogP contribution in [-0.4, -0.2) is 4.57 Å². The van der Waals surface area contributed by atoms with Crippen molar-refractivity contribution in [3.8, 4) is 27.9 Å². The lowest BCUT2D eigenvalue weighted by atomic mass is 9.75. The molecule has 0 bridgehead atoms. The van der Waals surface area contributed by atoms with E-state index in [0.29, 0.717) is 0 Å². The van der Waals surface area contributed by atoms with E-state index in [4.69, 9.17) is 4.42 Å². The van der Waals surface area contributed by atoms with Gasteiger partial charge in [0.15, 0.2) is 0 Å². The molecular formula is C57H38N2O. The molecule has 0 saturated heterocycles. The van der Waals surface area contributed by atoms with Crippen molar-refractivity contribution in [1.29, 1.82) is 0 Å². The first-order valence-corrected chi connectivity index (χ1v) is 20.9. The van der Waals surface area contributed by atoms with Crippen LogP contribution in [0.3, 0.4) is 0 Å². The molecular weight excluding hydrogens is 729 g/mol. The largest absolute Gasteiger partial charge is 0.456 e. The lowest BCUT2D eigenvalue weighted by Gasteiger charge is -2.27. The van der Waals surface area contributed by atoms with Crippen LogP contribution in [0.25, 0.3) is 71.7 Å². The van der Waals surface area contributed by atoms with E-state index < -0.39 is 0 Å². The Morgan fingerprint density at radius 3 is 1.93 bits per heavy atom. The molecule has 11 aromatic rings. The highest BCUT2D eigenvalue weighted by Gasteiger charge is 2.46. The maximum atomic E-state index is 6.46. The van der Waals surface area contributed by atoms with Crippen LogP contribution < -0.4 is 4.90 Å². The molecule has 0 aliphatic heterocycles. The number of hydrogen-bond donors (Lipinski definition) is 0. The summed E-state index contributed by atoms with van der Waals surface area (Å²) in [6, 6.07) is 75.6. The fraction of sp³-hybridized carbons (Fsp3) is 0.0526. The summed E-state index contributed by atoms with van der Waals surface area (Å²) in [6.45, 7) is 0. The van der Waals surface area contributed by atoms with Gasteiger partial charge in [-0.25, -0.2) is 0 Å². The molecule has 0 unspecified atom stereocenters. The van der Waals surface area contributed by atoms with Crippen LogP contribution in [0.4, 0.5) is 17.1 Å². The summed E-state index contributed by atoms with van der Waals surface area (Å²) in [7, 11) is 0. The fourth-order valence-electron chi connectivity index (χ4n) is 10.8. The first-order valence-electron chi connectivity index (χ1n) is 20.9. The summed E-state index contributed by atoms with van der Waals surface area (Å²) >= 11 is 0. The maximum Gasteiger partial charge on any atom is 0.137 e. The number of hydrogen-bond acceptors (Lipinski definition) is 2. The monoisotopic (exact) mass is 766 g/mol. The zero-order chi connectivity index (χ0) is 39.4. The molecule has 60 heavy (non-hydrogen) atoms. The van der Waals surface area contributed by atoms with Crippen molar-refractivity contribution in [2.75, 3.05) is 4.90 Å². The number of anilines is 3. The van der Waals surface area contributed by atoms with Crippen molar-refractivity contribution < 1.29 is 4.42 Å². The van der Waals surface area contributed by atoms with Gasteiger partial charge in [-0.2, -0.15) is 0 Å². The molecule has 0 amide bonds. The second kappa shape index (κ2) is 12.7. The number of aromatic nitrogens is 1. The zero-order valence-corrected chi connectivity index (χ0v) is 32.8. The van der Waals surface area contributed by atoms with Crippen LogP contribution in [0.5, 0.6) is 0 Å². The molecule has 0 atom stereocenters. The van der Waals surface area contributed by atoms with Gasteiger partial charge in [-0.15, -0.1) is 0 Å². The highest BCUT2D eigenvalue weighted by atomic mass is 16.3. The van der Waals surface area contributed by atoms with Gasteiger partial charge in [0.05, 0.1) is 22.1 Å². The standard InChI is InChI=1S/C57H38N2O/c1-2-15-41(16-3-1)59-51-21-10-7-18-45(51)48-34-43(30-32-52(48)59)58(53-22-12-24-55-56(53)46-19-8-11-23-54(46)60-55)42-28-25-37(26-29-42)38-27-31-50-47(33-38)44-17-6-9-20-49(44)57(50)35-39-13-4-5-14-40(39)36-57/h1-34H,35-36H2.